The van der Waals surface area contributed by atoms with Gasteiger partial charge in [-0.2, -0.15) is 0 Å². The molecule has 1 fully saturated rings. The van der Waals surface area contributed by atoms with Gasteiger partial charge in [-0.1, -0.05) is 58.4 Å². The van der Waals surface area contributed by atoms with E-state index in [-0.39, 0.29) is 23.9 Å². The molecular weight excluding hydrogens is 316 g/mol. The fraction of sp³-hybridized carbons (Fsp3) is 0.600. The molecule has 1 unspecified atom stereocenters. The van der Waals surface area contributed by atoms with Crippen LogP contribution in [0.4, 0.5) is 4.79 Å². The number of carbonyl (C=O) groups is 2. The van der Waals surface area contributed by atoms with Crippen molar-refractivity contribution in [3.05, 3.63) is 35.4 Å². The van der Waals surface area contributed by atoms with Crippen molar-refractivity contribution in [1.29, 1.82) is 0 Å². The number of amides is 3. The van der Waals surface area contributed by atoms with Crippen molar-refractivity contribution in [1.82, 2.24) is 10.2 Å². The maximum Gasteiger partial charge on any atom is 0.325 e. The van der Waals surface area contributed by atoms with E-state index in [4.69, 9.17) is 4.74 Å². The number of carbonyl (C=O) groups excluding carboxylic acids is 2. The number of ether oxygens (including phenoxy) is 1. The molecule has 1 aliphatic heterocycles. The highest BCUT2D eigenvalue weighted by Crippen LogP contribution is 2.31. The SMILES string of the molecule is CCCCOCCN1C(=O)NC(C)(c2ccc(C(C)(C)C)cc2)C1=O. The largest absolute Gasteiger partial charge is 0.380 e. The summed E-state index contributed by atoms with van der Waals surface area (Å²) >= 11 is 0. The Morgan fingerprint density at radius 3 is 2.32 bits per heavy atom. The minimum Gasteiger partial charge on any atom is -0.380 e. The Morgan fingerprint density at radius 2 is 1.76 bits per heavy atom. The molecule has 3 amide bonds. The smallest absolute Gasteiger partial charge is 0.325 e. The van der Waals surface area contributed by atoms with Crippen LogP contribution >= 0.6 is 0 Å². The summed E-state index contributed by atoms with van der Waals surface area (Å²) in [7, 11) is 0. The molecule has 1 aromatic rings. The maximum atomic E-state index is 12.8. The second kappa shape index (κ2) is 7.56. The Balaban J connectivity index is 2.08. The molecule has 25 heavy (non-hydrogen) atoms. The Hall–Kier alpha value is -1.88. The minimum atomic E-state index is -1.02. The molecular formula is C20H30N2O3. The first-order chi connectivity index (χ1) is 11.7. The third-order valence-electron chi connectivity index (χ3n) is 4.70. The highest BCUT2D eigenvalue weighted by Gasteiger charge is 2.48. The molecule has 0 aliphatic carbocycles. The molecule has 1 heterocycles. The van der Waals surface area contributed by atoms with Crippen LogP contribution in [0.1, 0.15) is 58.6 Å². The first kappa shape index (κ1) is 19.4. The molecule has 0 bridgehead atoms. The number of imide groups is 1. The summed E-state index contributed by atoms with van der Waals surface area (Å²) in [5.41, 5.74) is 1.02. The summed E-state index contributed by atoms with van der Waals surface area (Å²) in [6, 6.07) is 7.55. The van der Waals surface area contributed by atoms with Gasteiger partial charge in [0, 0.05) is 6.61 Å². The van der Waals surface area contributed by atoms with Gasteiger partial charge < -0.3 is 10.1 Å². The molecule has 0 aromatic heterocycles. The molecule has 1 N–H and O–H groups in total. The van der Waals surface area contributed by atoms with Gasteiger partial charge in [-0.15, -0.1) is 0 Å². The Labute approximate surface area is 150 Å². The van der Waals surface area contributed by atoms with Crippen LogP contribution in [0.5, 0.6) is 0 Å². The van der Waals surface area contributed by atoms with E-state index in [9.17, 15) is 9.59 Å². The third kappa shape index (κ3) is 4.21. The highest BCUT2D eigenvalue weighted by atomic mass is 16.5. The van der Waals surface area contributed by atoms with Crippen molar-refractivity contribution in [2.45, 2.75) is 58.4 Å². The van der Waals surface area contributed by atoms with E-state index in [0.29, 0.717) is 13.2 Å². The van der Waals surface area contributed by atoms with Gasteiger partial charge in [0.1, 0.15) is 5.54 Å². The summed E-state index contributed by atoms with van der Waals surface area (Å²) in [5, 5.41) is 2.84. The average molecular weight is 346 g/mol. The lowest BCUT2D eigenvalue weighted by atomic mass is 9.84. The molecule has 0 radical (unpaired) electrons. The number of nitrogens with zero attached hydrogens (tertiary/aromatic N) is 1. The molecule has 5 nitrogen and oxygen atoms in total. The molecule has 0 spiro atoms. The molecule has 5 heteroatoms. The Bertz CT molecular complexity index is 619. The second-order valence-electron chi connectivity index (χ2n) is 7.81. The number of nitrogens with one attached hydrogen (secondary N) is 1. The van der Waals surface area contributed by atoms with Crippen LogP contribution in [-0.2, 0) is 20.5 Å². The van der Waals surface area contributed by atoms with Crippen LogP contribution in [0.3, 0.4) is 0 Å². The Kier molecular flexibility index (Phi) is 5.88. The zero-order valence-corrected chi connectivity index (χ0v) is 16.0. The molecule has 2 rings (SSSR count). The lowest BCUT2D eigenvalue weighted by Crippen LogP contribution is -2.41. The Morgan fingerprint density at radius 1 is 1.12 bits per heavy atom. The van der Waals surface area contributed by atoms with Crippen LogP contribution in [0.25, 0.3) is 0 Å². The van der Waals surface area contributed by atoms with Gasteiger partial charge in [0.2, 0.25) is 0 Å². The summed E-state index contributed by atoms with van der Waals surface area (Å²) in [4.78, 5) is 26.3. The van der Waals surface area contributed by atoms with Crippen LogP contribution in [-0.4, -0.2) is 36.6 Å². The van der Waals surface area contributed by atoms with E-state index < -0.39 is 5.54 Å². The van der Waals surface area contributed by atoms with E-state index in [1.807, 2.05) is 24.3 Å². The number of hydrogen-bond donors (Lipinski definition) is 1. The zero-order valence-electron chi connectivity index (χ0n) is 16.0. The molecule has 1 aromatic carbocycles. The number of unbranched alkanes of at least 4 members (excludes halogenated alkanes) is 1. The lowest BCUT2D eigenvalue weighted by Gasteiger charge is -2.24. The number of rotatable bonds is 7. The first-order valence-electron chi connectivity index (χ1n) is 9.03. The van der Waals surface area contributed by atoms with Gasteiger partial charge in [-0.25, -0.2) is 4.79 Å². The topological polar surface area (TPSA) is 58.6 Å². The normalized spacial score (nSPS) is 20.9. The van der Waals surface area contributed by atoms with Crippen molar-refractivity contribution >= 4 is 11.9 Å². The van der Waals surface area contributed by atoms with Crippen LogP contribution in [0.15, 0.2) is 24.3 Å². The average Bonchev–Trinajstić information content (AvgIpc) is 2.78. The van der Waals surface area contributed by atoms with Crippen LogP contribution in [0, 0.1) is 0 Å². The number of hydrogen-bond acceptors (Lipinski definition) is 3. The van der Waals surface area contributed by atoms with E-state index in [2.05, 4.69) is 33.0 Å². The summed E-state index contributed by atoms with van der Waals surface area (Å²) in [6.07, 6.45) is 2.05. The van der Waals surface area contributed by atoms with Crippen molar-refractivity contribution < 1.29 is 14.3 Å². The quantitative estimate of drug-likeness (QED) is 0.606. The van der Waals surface area contributed by atoms with Crippen molar-refractivity contribution in [3.63, 3.8) is 0 Å². The second-order valence-corrected chi connectivity index (χ2v) is 7.81. The van der Waals surface area contributed by atoms with Crippen LogP contribution in [0.2, 0.25) is 0 Å². The number of benzene rings is 1. The summed E-state index contributed by atoms with van der Waals surface area (Å²) in [5.74, 6) is -0.222. The predicted octanol–water partition coefficient (Wildman–Crippen LogP) is 3.57. The van der Waals surface area contributed by atoms with E-state index in [0.717, 1.165) is 18.4 Å². The van der Waals surface area contributed by atoms with Crippen LogP contribution < -0.4 is 5.32 Å². The molecule has 1 atom stereocenters. The highest BCUT2D eigenvalue weighted by molar-refractivity contribution is 6.07. The van der Waals surface area contributed by atoms with Gasteiger partial charge in [-0.05, 0) is 29.9 Å². The van der Waals surface area contributed by atoms with Crippen molar-refractivity contribution in [2.24, 2.45) is 0 Å². The summed E-state index contributed by atoms with van der Waals surface area (Å²) < 4.78 is 5.49. The maximum absolute atomic E-state index is 12.8. The lowest BCUT2D eigenvalue weighted by molar-refractivity contribution is -0.131. The third-order valence-corrected chi connectivity index (χ3v) is 4.70. The zero-order chi connectivity index (χ0) is 18.7. The number of urea groups is 1. The molecule has 138 valence electrons. The first-order valence-corrected chi connectivity index (χ1v) is 9.03. The fourth-order valence-corrected chi connectivity index (χ4v) is 2.90. The van der Waals surface area contributed by atoms with Gasteiger partial charge >= 0.3 is 6.03 Å². The molecule has 0 saturated carbocycles. The molecule has 1 saturated heterocycles. The fourth-order valence-electron chi connectivity index (χ4n) is 2.90. The van der Waals surface area contributed by atoms with E-state index >= 15 is 0 Å². The monoisotopic (exact) mass is 346 g/mol. The van der Waals surface area contributed by atoms with E-state index in [1.165, 1.54) is 10.5 Å². The van der Waals surface area contributed by atoms with Gasteiger partial charge in [-0.3, -0.25) is 9.69 Å². The summed E-state index contributed by atoms with van der Waals surface area (Å²) in [6.45, 7) is 11.6. The predicted molar refractivity (Wildman–Crippen MR) is 98.5 cm³/mol. The van der Waals surface area contributed by atoms with E-state index in [1.54, 1.807) is 6.92 Å². The molecule has 1 aliphatic rings. The minimum absolute atomic E-state index is 0.0459. The van der Waals surface area contributed by atoms with Crippen molar-refractivity contribution in [3.8, 4) is 0 Å². The van der Waals surface area contributed by atoms with Gasteiger partial charge in [0.15, 0.2) is 0 Å². The van der Waals surface area contributed by atoms with Gasteiger partial charge in [0.05, 0.1) is 13.2 Å². The van der Waals surface area contributed by atoms with Crippen molar-refractivity contribution in [2.75, 3.05) is 19.8 Å². The standard InChI is InChI=1S/C20H30N2O3/c1-6-7-13-25-14-12-22-17(23)20(5,21-18(22)24)16-10-8-15(9-11-16)19(2,3)4/h8-11H,6-7,12-14H2,1-5H3,(H,21,24). The van der Waals surface area contributed by atoms with Gasteiger partial charge in [0.25, 0.3) is 5.91 Å².